The lowest BCUT2D eigenvalue weighted by Gasteiger charge is -1.86. The maximum absolute atomic E-state index is 12.2. The molecule has 0 radical (unpaired) electrons. The van der Waals surface area contributed by atoms with Crippen molar-refractivity contribution in [3.63, 3.8) is 0 Å². The molecule has 4 heteroatoms. The SMILES string of the molecule is N#CCC#Cc1cnc(F)nc1. The molecule has 0 atom stereocenters. The minimum Gasteiger partial charge on any atom is -0.209 e. The van der Waals surface area contributed by atoms with Crippen LogP contribution in [-0.2, 0) is 0 Å². The zero-order valence-corrected chi connectivity index (χ0v) is 6.08. The van der Waals surface area contributed by atoms with Gasteiger partial charge < -0.3 is 0 Å². The summed E-state index contributed by atoms with van der Waals surface area (Å²) in [5.41, 5.74) is 0.506. The van der Waals surface area contributed by atoms with Crippen molar-refractivity contribution in [3.05, 3.63) is 24.0 Å². The van der Waals surface area contributed by atoms with E-state index in [1.807, 2.05) is 6.07 Å². The predicted octanol–water partition coefficient (Wildman–Crippen LogP) is 0.881. The van der Waals surface area contributed by atoms with E-state index in [4.69, 9.17) is 5.26 Å². The molecule has 0 spiro atoms. The lowest BCUT2D eigenvalue weighted by molar-refractivity contribution is 0.538. The van der Waals surface area contributed by atoms with Gasteiger partial charge in [-0.05, 0) is 0 Å². The van der Waals surface area contributed by atoms with Gasteiger partial charge in [0.2, 0.25) is 0 Å². The fourth-order valence-corrected chi connectivity index (χ4v) is 0.563. The lowest BCUT2D eigenvalue weighted by Crippen LogP contribution is -1.87. The molecule has 0 aliphatic heterocycles. The van der Waals surface area contributed by atoms with Gasteiger partial charge >= 0.3 is 6.08 Å². The third-order valence-electron chi connectivity index (χ3n) is 1.02. The Labute approximate surface area is 68.9 Å². The Hall–Kier alpha value is -1.94. The summed E-state index contributed by atoms with van der Waals surface area (Å²) >= 11 is 0. The van der Waals surface area contributed by atoms with Crippen molar-refractivity contribution in [2.75, 3.05) is 0 Å². The van der Waals surface area contributed by atoms with Crippen molar-refractivity contribution in [2.24, 2.45) is 0 Å². The number of halogens is 1. The van der Waals surface area contributed by atoms with Gasteiger partial charge in [-0.1, -0.05) is 11.8 Å². The summed E-state index contributed by atoms with van der Waals surface area (Å²) in [4.78, 5) is 6.59. The Balaban J connectivity index is 2.74. The highest BCUT2D eigenvalue weighted by Crippen LogP contribution is 1.91. The molecule has 0 fully saturated rings. The van der Waals surface area contributed by atoms with E-state index in [0.29, 0.717) is 5.56 Å². The van der Waals surface area contributed by atoms with Crippen LogP contribution in [0.2, 0.25) is 0 Å². The van der Waals surface area contributed by atoms with Crippen LogP contribution in [0.4, 0.5) is 4.39 Å². The van der Waals surface area contributed by atoms with Crippen LogP contribution >= 0.6 is 0 Å². The molecule has 0 saturated heterocycles. The van der Waals surface area contributed by atoms with Crippen LogP contribution in [-0.4, -0.2) is 9.97 Å². The van der Waals surface area contributed by atoms with E-state index in [1.165, 1.54) is 12.4 Å². The molecule has 0 aromatic carbocycles. The van der Waals surface area contributed by atoms with Gasteiger partial charge in [0, 0.05) is 12.4 Å². The molecular weight excluding hydrogens is 157 g/mol. The zero-order valence-electron chi connectivity index (χ0n) is 6.08. The quantitative estimate of drug-likeness (QED) is 0.419. The average Bonchev–Trinajstić information content (AvgIpc) is 2.09. The lowest BCUT2D eigenvalue weighted by atomic mass is 10.3. The van der Waals surface area contributed by atoms with Crippen LogP contribution in [0.25, 0.3) is 0 Å². The predicted molar refractivity (Wildman–Crippen MR) is 39.1 cm³/mol. The van der Waals surface area contributed by atoms with Crippen molar-refractivity contribution < 1.29 is 4.39 Å². The molecule has 1 rings (SSSR count). The smallest absolute Gasteiger partial charge is 0.209 e. The molecule has 0 unspecified atom stereocenters. The van der Waals surface area contributed by atoms with Crippen LogP contribution in [0.3, 0.4) is 0 Å². The van der Waals surface area contributed by atoms with E-state index < -0.39 is 6.08 Å². The van der Waals surface area contributed by atoms with Crippen LogP contribution in [0.5, 0.6) is 0 Å². The fourth-order valence-electron chi connectivity index (χ4n) is 0.563. The Morgan fingerprint density at radius 3 is 2.67 bits per heavy atom. The van der Waals surface area contributed by atoms with E-state index in [2.05, 4.69) is 21.8 Å². The minimum atomic E-state index is -0.777. The monoisotopic (exact) mass is 161 g/mol. The number of rotatable bonds is 0. The Kier molecular flexibility index (Phi) is 2.75. The fraction of sp³-hybridized carbons (Fsp3) is 0.125. The molecule has 0 saturated carbocycles. The summed E-state index contributed by atoms with van der Waals surface area (Å²) < 4.78 is 12.2. The topological polar surface area (TPSA) is 49.6 Å². The van der Waals surface area contributed by atoms with Crippen LogP contribution in [0.1, 0.15) is 12.0 Å². The van der Waals surface area contributed by atoms with Gasteiger partial charge in [0.1, 0.15) is 0 Å². The van der Waals surface area contributed by atoms with Crippen molar-refractivity contribution in [1.82, 2.24) is 9.97 Å². The van der Waals surface area contributed by atoms with Gasteiger partial charge in [-0.2, -0.15) is 9.65 Å². The molecule has 1 aromatic rings. The molecule has 0 aliphatic carbocycles. The molecule has 1 heterocycles. The maximum Gasteiger partial charge on any atom is 0.308 e. The van der Waals surface area contributed by atoms with E-state index in [1.54, 1.807) is 0 Å². The molecule has 0 bridgehead atoms. The molecule has 1 aromatic heterocycles. The molecule has 0 amide bonds. The third kappa shape index (κ3) is 2.36. The zero-order chi connectivity index (χ0) is 8.81. The molecule has 0 aliphatic rings. The molecule has 0 N–H and O–H groups in total. The van der Waals surface area contributed by atoms with Gasteiger partial charge in [0.25, 0.3) is 0 Å². The summed E-state index contributed by atoms with van der Waals surface area (Å²) in [5, 5.41) is 8.14. The number of nitriles is 1. The Bertz CT molecular complexity index is 353. The van der Waals surface area contributed by atoms with Gasteiger partial charge in [0.05, 0.1) is 18.1 Å². The number of hydrogen-bond donors (Lipinski definition) is 0. The number of aromatic nitrogens is 2. The van der Waals surface area contributed by atoms with Crippen molar-refractivity contribution in [1.29, 1.82) is 5.26 Å². The van der Waals surface area contributed by atoms with Crippen LogP contribution < -0.4 is 0 Å². The first kappa shape index (κ1) is 8.16. The molecule has 12 heavy (non-hydrogen) atoms. The molecular formula is C8H4FN3. The summed E-state index contributed by atoms with van der Waals surface area (Å²) in [7, 11) is 0. The second-order valence-corrected chi connectivity index (χ2v) is 1.88. The summed E-state index contributed by atoms with van der Waals surface area (Å²) in [5.74, 6) is 5.17. The van der Waals surface area contributed by atoms with Gasteiger partial charge in [-0.15, -0.1) is 0 Å². The largest absolute Gasteiger partial charge is 0.308 e. The standard InChI is InChI=1S/C8H4FN3/c9-8-11-5-7(6-12-8)3-1-2-4-10/h5-6H,2H2. The van der Waals surface area contributed by atoms with E-state index >= 15 is 0 Å². The number of nitrogens with zero attached hydrogens (tertiary/aromatic N) is 3. The van der Waals surface area contributed by atoms with E-state index in [0.717, 1.165) is 0 Å². The third-order valence-corrected chi connectivity index (χ3v) is 1.02. The Morgan fingerprint density at radius 1 is 1.42 bits per heavy atom. The summed E-state index contributed by atoms with van der Waals surface area (Å²) in [6.45, 7) is 0. The van der Waals surface area contributed by atoms with Crippen LogP contribution in [0, 0.1) is 29.3 Å². The normalized spacial score (nSPS) is 8.00. The van der Waals surface area contributed by atoms with Gasteiger partial charge in [-0.3, -0.25) is 0 Å². The van der Waals surface area contributed by atoms with Crippen LogP contribution in [0.15, 0.2) is 12.4 Å². The molecule has 3 nitrogen and oxygen atoms in total. The van der Waals surface area contributed by atoms with Gasteiger partial charge in [0.15, 0.2) is 0 Å². The Morgan fingerprint density at radius 2 is 2.08 bits per heavy atom. The number of hydrogen-bond acceptors (Lipinski definition) is 3. The second kappa shape index (κ2) is 4.05. The minimum absolute atomic E-state index is 0.150. The average molecular weight is 161 g/mol. The maximum atomic E-state index is 12.2. The first-order valence-electron chi connectivity index (χ1n) is 3.16. The van der Waals surface area contributed by atoms with Crippen molar-refractivity contribution in [3.8, 4) is 17.9 Å². The highest BCUT2D eigenvalue weighted by Gasteiger charge is 1.90. The summed E-state index contributed by atoms with van der Waals surface area (Å²) in [6.07, 6.45) is 1.91. The van der Waals surface area contributed by atoms with Gasteiger partial charge in [-0.25, -0.2) is 9.97 Å². The first-order chi connectivity index (χ1) is 5.83. The van der Waals surface area contributed by atoms with Crippen molar-refractivity contribution in [2.45, 2.75) is 6.42 Å². The highest BCUT2D eigenvalue weighted by molar-refractivity contribution is 5.29. The first-order valence-corrected chi connectivity index (χ1v) is 3.16. The summed E-state index contributed by atoms with van der Waals surface area (Å²) in [6, 6.07) is 1.86. The van der Waals surface area contributed by atoms with E-state index in [-0.39, 0.29) is 6.42 Å². The van der Waals surface area contributed by atoms with E-state index in [9.17, 15) is 4.39 Å². The molecule has 58 valence electrons. The highest BCUT2D eigenvalue weighted by atomic mass is 19.1. The second-order valence-electron chi connectivity index (χ2n) is 1.88. The van der Waals surface area contributed by atoms with Crippen molar-refractivity contribution >= 4 is 0 Å².